The van der Waals surface area contributed by atoms with Crippen LogP contribution in [0.3, 0.4) is 0 Å². The molecule has 3 N–H and O–H groups in total. The van der Waals surface area contributed by atoms with Gasteiger partial charge >= 0.3 is 0 Å². The van der Waals surface area contributed by atoms with Crippen LogP contribution in [0, 0.1) is 6.92 Å². The van der Waals surface area contributed by atoms with Gasteiger partial charge in [-0.25, -0.2) is 19.5 Å². The number of aromatic hydroxyl groups is 1. The first kappa shape index (κ1) is 22.8. The van der Waals surface area contributed by atoms with Crippen molar-refractivity contribution in [3.63, 3.8) is 0 Å². The quantitative estimate of drug-likeness (QED) is 0.297. The highest BCUT2D eigenvalue weighted by Gasteiger charge is 2.17. The molecule has 0 aliphatic rings. The minimum absolute atomic E-state index is 0.0782. The highest BCUT2D eigenvalue weighted by molar-refractivity contribution is 5.80. The lowest BCUT2D eigenvalue weighted by atomic mass is 10.2. The monoisotopic (exact) mass is 484 g/mol. The maximum atomic E-state index is 10.3. The molecular weight excluding hydrogens is 460 g/mol. The van der Waals surface area contributed by atoms with Crippen LogP contribution in [0.25, 0.3) is 17.0 Å². The van der Waals surface area contributed by atoms with E-state index < -0.39 is 0 Å². The molecule has 0 radical (unpaired) electrons. The summed E-state index contributed by atoms with van der Waals surface area (Å²) in [5.74, 6) is 1.74. The summed E-state index contributed by atoms with van der Waals surface area (Å²) in [6.07, 6.45) is 3.18. The second-order valence-corrected chi connectivity index (χ2v) is 7.85. The molecule has 2 aromatic carbocycles. The average molecular weight is 485 g/mol. The van der Waals surface area contributed by atoms with Crippen LogP contribution in [0.1, 0.15) is 11.3 Å². The normalized spacial score (nSPS) is 10.9. The van der Waals surface area contributed by atoms with Crippen LogP contribution >= 0.6 is 0 Å². The number of para-hydroxylation sites is 2. The predicted molar refractivity (Wildman–Crippen MR) is 135 cm³/mol. The van der Waals surface area contributed by atoms with Crippen molar-refractivity contribution in [2.45, 2.75) is 13.5 Å². The number of phenolic OH excluding ortho intramolecular Hbond substituents is 1. The molecule has 0 saturated carbocycles. The van der Waals surface area contributed by atoms with Crippen LogP contribution in [-0.4, -0.2) is 48.8 Å². The molecule has 0 aliphatic heterocycles. The van der Waals surface area contributed by atoms with Crippen LogP contribution in [0.5, 0.6) is 17.2 Å². The number of hydrogen-bond acceptors (Lipinski definition) is 10. The van der Waals surface area contributed by atoms with E-state index in [1.807, 2.05) is 47.9 Å². The molecule has 5 rings (SSSR count). The zero-order valence-corrected chi connectivity index (χ0v) is 19.9. The van der Waals surface area contributed by atoms with Crippen molar-refractivity contribution in [3.8, 4) is 23.2 Å². The SMILES string of the molecule is COc1cc(Nc2ncnc(-n3c(NCc4ncccc4C)nc4ccccc43)n2)cc(O)c1OC. The van der Waals surface area contributed by atoms with E-state index in [0.717, 1.165) is 22.3 Å². The summed E-state index contributed by atoms with van der Waals surface area (Å²) in [6, 6.07) is 14.8. The Labute approximate surface area is 206 Å². The molecule has 0 aliphatic carbocycles. The summed E-state index contributed by atoms with van der Waals surface area (Å²) in [7, 11) is 2.95. The smallest absolute Gasteiger partial charge is 0.241 e. The Morgan fingerprint density at radius 2 is 1.83 bits per heavy atom. The molecule has 0 bridgehead atoms. The number of benzene rings is 2. The van der Waals surface area contributed by atoms with E-state index >= 15 is 0 Å². The summed E-state index contributed by atoms with van der Waals surface area (Å²) < 4.78 is 12.3. The van der Waals surface area contributed by atoms with Crippen molar-refractivity contribution in [3.05, 3.63) is 72.3 Å². The lowest BCUT2D eigenvalue weighted by Crippen LogP contribution is -2.11. The van der Waals surface area contributed by atoms with Crippen molar-refractivity contribution < 1.29 is 14.6 Å². The van der Waals surface area contributed by atoms with Crippen molar-refractivity contribution in [1.29, 1.82) is 0 Å². The van der Waals surface area contributed by atoms with Crippen LogP contribution in [0.15, 0.2) is 61.1 Å². The number of nitrogens with zero attached hydrogens (tertiary/aromatic N) is 6. The van der Waals surface area contributed by atoms with Gasteiger partial charge in [-0.1, -0.05) is 18.2 Å². The van der Waals surface area contributed by atoms with E-state index in [9.17, 15) is 5.11 Å². The Morgan fingerprint density at radius 1 is 0.972 bits per heavy atom. The van der Waals surface area contributed by atoms with Crippen LogP contribution in [0.2, 0.25) is 0 Å². The average Bonchev–Trinajstić information content (AvgIpc) is 3.26. The van der Waals surface area contributed by atoms with Crippen LogP contribution in [-0.2, 0) is 6.54 Å². The third-order valence-electron chi connectivity index (χ3n) is 5.57. The third-order valence-corrected chi connectivity index (χ3v) is 5.57. The Bertz CT molecular complexity index is 1540. The standard InChI is InChI=1S/C25H24N8O3/c1-15-7-6-10-26-18(15)13-27-24-31-17-8-4-5-9-19(17)33(24)25-29-14-28-23(32-25)30-16-11-20(34)22(36-3)21(12-16)35-2/h4-12,14,34H,13H2,1-3H3,(H,27,31)(H,28,29,30,32). The lowest BCUT2D eigenvalue weighted by Gasteiger charge is -2.13. The number of ether oxygens (including phenoxy) is 2. The number of methoxy groups -OCH3 is 2. The Morgan fingerprint density at radius 3 is 2.64 bits per heavy atom. The predicted octanol–water partition coefficient (Wildman–Crippen LogP) is 3.99. The zero-order valence-electron chi connectivity index (χ0n) is 19.9. The number of phenols is 1. The van der Waals surface area contributed by atoms with Crippen molar-refractivity contribution in [2.75, 3.05) is 24.9 Å². The fourth-order valence-corrected chi connectivity index (χ4v) is 3.81. The van der Waals surface area contributed by atoms with Crippen LogP contribution in [0.4, 0.5) is 17.6 Å². The second kappa shape index (κ2) is 9.74. The third kappa shape index (κ3) is 4.41. The molecule has 3 aromatic heterocycles. The number of rotatable bonds is 8. The van der Waals surface area contributed by atoms with Gasteiger partial charge in [-0.15, -0.1) is 0 Å². The van der Waals surface area contributed by atoms with Gasteiger partial charge < -0.3 is 25.2 Å². The number of anilines is 3. The number of aromatic nitrogens is 6. The van der Waals surface area contributed by atoms with Gasteiger partial charge in [-0.2, -0.15) is 4.98 Å². The fourth-order valence-electron chi connectivity index (χ4n) is 3.81. The molecule has 0 saturated heterocycles. The second-order valence-electron chi connectivity index (χ2n) is 7.85. The Balaban J connectivity index is 1.50. The minimum Gasteiger partial charge on any atom is -0.504 e. The van der Waals surface area contributed by atoms with Gasteiger partial charge in [0.25, 0.3) is 0 Å². The van der Waals surface area contributed by atoms with Crippen molar-refractivity contribution in [2.24, 2.45) is 0 Å². The van der Waals surface area contributed by atoms with E-state index in [1.54, 1.807) is 12.3 Å². The minimum atomic E-state index is -0.0782. The molecule has 0 amide bonds. The molecule has 0 fully saturated rings. The molecule has 182 valence electrons. The first-order valence-corrected chi connectivity index (χ1v) is 11.1. The van der Waals surface area contributed by atoms with E-state index in [1.165, 1.54) is 26.6 Å². The number of pyridine rings is 1. The number of imidazole rings is 1. The molecule has 0 spiro atoms. The van der Waals surface area contributed by atoms with Gasteiger partial charge in [0.1, 0.15) is 6.33 Å². The zero-order chi connectivity index (χ0) is 25.1. The van der Waals surface area contributed by atoms with Gasteiger partial charge in [0, 0.05) is 24.0 Å². The fraction of sp³-hybridized carbons (Fsp3) is 0.160. The van der Waals surface area contributed by atoms with Gasteiger partial charge in [0.2, 0.25) is 23.6 Å². The maximum Gasteiger partial charge on any atom is 0.241 e. The molecule has 36 heavy (non-hydrogen) atoms. The molecule has 5 aromatic rings. The first-order valence-electron chi connectivity index (χ1n) is 11.1. The van der Waals surface area contributed by atoms with Gasteiger partial charge in [-0.05, 0) is 30.7 Å². The highest BCUT2D eigenvalue weighted by atomic mass is 16.5. The summed E-state index contributed by atoms with van der Waals surface area (Å²) >= 11 is 0. The van der Waals surface area contributed by atoms with E-state index in [2.05, 4.69) is 30.6 Å². The first-order chi connectivity index (χ1) is 17.6. The molecule has 11 nitrogen and oxygen atoms in total. The largest absolute Gasteiger partial charge is 0.504 e. The molecule has 11 heteroatoms. The Kier molecular flexibility index (Phi) is 6.18. The van der Waals surface area contributed by atoms with Gasteiger partial charge in [0.15, 0.2) is 11.5 Å². The molecule has 0 unspecified atom stereocenters. The lowest BCUT2D eigenvalue weighted by molar-refractivity contribution is 0.333. The summed E-state index contributed by atoms with van der Waals surface area (Å²) in [6.45, 7) is 2.50. The summed E-state index contributed by atoms with van der Waals surface area (Å²) in [5, 5.41) is 16.7. The van der Waals surface area contributed by atoms with Crippen molar-refractivity contribution in [1.82, 2.24) is 29.5 Å². The van der Waals surface area contributed by atoms with Crippen LogP contribution < -0.4 is 20.1 Å². The number of fused-ring (bicyclic) bond motifs is 1. The van der Waals surface area contributed by atoms with E-state index in [-0.39, 0.29) is 17.4 Å². The molecule has 0 atom stereocenters. The number of hydrogen-bond donors (Lipinski definition) is 3. The van der Waals surface area contributed by atoms with Crippen molar-refractivity contribution >= 4 is 28.6 Å². The summed E-state index contributed by atoms with van der Waals surface area (Å²) in [5.41, 5.74) is 4.14. The molecule has 3 heterocycles. The number of aryl methyl sites for hydroxylation is 1. The highest BCUT2D eigenvalue weighted by Crippen LogP contribution is 2.39. The molecular formula is C25H24N8O3. The van der Waals surface area contributed by atoms with E-state index in [0.29, 0.717) is 29.9 Å². The maximum absolute atomic E-state index is 10.3. The topological polar surface area (TPSA) is 132 Å². The van der Waals surface area contributed by atoms with E-state index in [4.69, 9.17) is 14.5 Å². The van der Waals surface area contributed by atoms with Gasteiger partial charge in [0.05, 0.1) is 37.5 Å². The Hall–Kier alpha value is -4.93. The van der Waals surface area contributed by atoms with Gasteiger partial charge in [-0.3, -0.25) is 4.98 Å². The number of nitrogens with one attached hydrogen (secondary N) is 2. The summed E-state index contributed by atoms with van der Waals surface area (Å²) in [4.78, 5) is 22.4.